The maximum absolute atomic E-state index is 15.0. The van der Waals surface area contributed by atoms with Crippen LogP contribution < -0.4 is 20.9 Å². The number of aryl methyl sites for hydroxylation is 1. The first kappa shape index (κ1) is 33.2. The number of benzene rings is 2. The number of ether oxygens (including phenoxy) is 1. The minimum absolute atomic E-state index is 0.0621. The summed E-state index contributed by atoms with van der Waals surface area (Å²) in [7, 11) is 3.69. The van der Waals surface area contributed by atoms with Gasteiger partial charge >= 0.3 is 6.09 Å². The van der Waals surface area contributed by atoms with Crippen molar-refractivity contribution in [1.82, 2.24) is 9.80 Å². The molecule has 0 spiro atoms. The number of piperazine rings is 1. The number of nitrogens with two attached hydrogens (primary N) is 1. The zero-order valence-electron chi connectivity index (χ0n) is 24.7. The highest BCUT2D eigenvalue weighted by Crippen LogP contribution is 2.28. The molecule has 2 heterocycles. The molecule has 2 aromatic rings. The van der Waals surface area contributed by atoms with Crippen molar-refractivity contribution < 1.29 is 23.5 Å². The number of rotatable bonds is 10. The first-order chi connectivity index (χ1) is 20.1. The summed E-state index contributed by atoms with van der Waals surface area (Å²) >= 11 is 3.79. The lowest BCUT2D eigenvalue weighted by atomic mass is 10.1. The number of halogens is 1. The Labute approximate surface area is 253 Å². The quantitative estimate of drug-likeness (QED) is 0.358. The van der Waals surface area contributed by atoms with Gasteiger partial charge in [0.05, 0.1) is 24.5 Å². The number of cyclic esters (lactones) is 1. The molecule has 2 saturated heterocycles. The molecule has 0 radical (unpaired) electrons. The fourth-order valence-corrected chi connectivity index (χ4v) is 4.82. The van der Waals surface area contributed by atoms with E-state index in [0.717, 1.165) is 29.8 Å². The number of hydrogen-bond donors (Lipinski definition) is 3. The first-order valence-electron chi connectivity index (χ1n) is 14.3. The lowest BCUT2D eigenvalue weighted by Crippen LogP contribution is -2.49. The fourth-order valence-electron chi connectivity index (χ4n) is 4.82. The van der Waals surface area contributed by atoms with Gasteiger partial charge in [-0.25, -0.2) is 9.18 Å². The van der Waals surface area contributed by atoms with E-state index < -0.39 is 18.0 Å². The molecule has 2 fully saturated rings. The van der Waals surface area contributed by atoms with Crippen molar-refractivity contribution in [3.05, 3.63) is 53.8 Å². The lowest BCUT2D eigenvalue weighted by molar-refractivity contribution is -0.131. The lowest BCUT2D eigenvalue weighted by Gasteiger charge is -2.36. The molecule has 2 aromatic carbocycles. The standard InChI is InChI=1S/C28H37FN6O4.C2H6S/c1-32(2)19-26(36)31-21-8-6-20(7-9-21)4-3-5-27(37)34-14-12-33(13-15-34)25-11-10-22(16-24(25)29)35-18-23(17-30)39-28(35)38;1-2-3/h6-11,16,23H,3-5,12-15,17-19,30H2,1-2H3,(H,31,36);3H,2H2,1H3/t23-;/m0./s1. The van der Waals surface area contributed by atoms with Gasteiger partial charge in [-0.05, 0) is 68.6 Å². The van der Waals surface area contributed by atoms with Crippen LogP contribution >= 0.6 is 12.6 Å². The molecule has 0 aromatic heterocycles. The number of hydrogen-bond acceptors (Lipinski definition) is 8. The molecule has 2 aliphatic rings. The number of thiol groups is 1. The fraction of sp³-hybridized carbons (Fsp3) is 0.500. The van der Waals surface area contributed by atoms with E-state index in [1.165, 1.54) is 11.0 Å². The molecule has 4 rings (SSSR count). The normalized spacial score (nSPS) is 16.7. The Morgan fingerprint density at radius 3 is 2.36 bits per heavy atom. The summed E-state index contributed by atoms with van der Waals surface area (Å²) in [6, 6.07) is 12.4. The van der Waals surface area contributed by atoms with Gasteiger partial charge in [0.1, 0.15) is 11.9 Å². The van der Waals surface area contributed by atoms with Crippen LogP contribution in [0, 0.1) is 5.82 Å². The van der Waals surface area contributed by atoms with Gasteiger partial charge in [0, 0.05) is 44.8 Å². The van der Waals surface area contributed by atoms with Crippen LogP contribution in [0.2, 0.25) is 0 Å². The van der Waals surface area contributed by atoms with E-state index in [0.29, 0.717) is 57.1 Å². The Bertz CT molecular complexity index is 1190. The molecule has 3 N–H and O–H groups in total. The second kappa shape index (κ2) is 16.3. The van der Waals surface area contributed by atoms with E-state index in [4.69, 9.17) is 10.5 Å². The highest BCUT2D eigenvalue weighted by molar-refractivity contribution is 7.80. The summed E-state index contributed by atoms with van der Waals surface area (Å²) in [6.07, 6.45) is 1.03. The van der Waals surface area contributed by atoms with Crippen molar-refractivity contribution in [1.29, 1.82) is 0 Å². The second-order valence-corrected chi connectivity index (χ2v) is 11.1. The van der Waals surface area contributed by atoms with Crippen LogP contribution in [0.15, 0.2) is 42.5 Å². The summed E-state index contributed by atoms with van der Waals surface area (Å²) in [6.45, 7) is 4.95. The predicted molar refractivity (Wildman–Crippen MR) is 168 cm³/mol. The van der Waals surface area contributed by atoms with Crippen LogP contribution in [0.3, 0.4) is 0 Å². The predicted octanol–water partition coefficient (Wildman–Crippen LogP) is 3.22. The van der Waals surface area contributed by atoms with Gasteiger partial charge in [-0.1, -0.05) is 19.1 Å². The van der Waals surface area contributed by atoms with Crippen LogP contribution in [0.25, 0.3) is 0 Å². The number of nitrogens with one attached hydrogen (secondary N) is 1. The van der Waals surface area contributed by atoms with Crippen LogP contribution in [-0.4, -0.2) is 99.5 Å². The van der Waals surface area contributed by atoms with Gasteiger partial charge in [-0.2, -0.15) is 12.6 Å². The van der Waals surface area contributed by atoms with Crippen molar-refractivity contribution >= 4 is 47.6 Å². The Morgan fingerprint density at radius 2 is 1.79 bits per heavy atom. The Morgan fingerprint density at radius 1 is 1.12 bits per heavy atom. The van der Waals surface area contributed by atoms with Crippen LogP contribution in [0.1, 0.15) is 25.3 Å². The highest BCUT2D eigenvalue weighted by Gasteiger charge is 2.32. The smallest absolute Gasteiger partial charge is 0.414 e. The van der Waals surface area contributed by atoms with Crippen LogP contribution in [0.4, 0.5) is 26.2 Å². The van der Waals surface area contributed by atoms with Crippen molar-refractivity contribution in [3.8, 4) is 0 Å². The van der Waals surface area contributed by atoms with Gasteiger partial charge in [-0.15, -0.1) is 0 Å². The molecule has 0 aliphatic carbocycles. The minimum atomic E-state index is -0.522. The van der Waals surface area contributed by atoms with Crippen LogP contribution in [-0.2, 0) is 20.7 Å². The van der Waals surface area contributed by atoms with E-state index in [9.17, 15) is 18.8 Å². The molecule has 0 unspecified atom stereocenters. The summed E-state index contributed by atoms with van der Waals surface area (Å²) in [5.74, 6) is 0.562. The highest BCUT2D eigenvalue weighted by atomic mass is 32.1. The second-order valence-electron chi connectivity index (χ2n) is 10.5. The van der Waals surface area contributed by atoms with E-state index >= 15 is 0 Å². The SMILES string of the molecule is CCS.CN(C)CC(=O)Nc1ccc(CCCC(=O)N2CCN(c3ccc(N4C[C@H](CN)OC4=O)cc3F)CC2)cc1. The third-order valence-corrected chi connectivity index (χ3v) is 6.91. The summed E-state index contributed by atoms with van der Waals surface area (Å²) in [4.78, 5) is 43.6. The van der Waals surface area contributed by atoms with Gasteiger partial charge in [0.15, 0.2) is 0 Å². The number of carbonyl (C=O) groups is 3. The van der Waals surface area contributed by atoms with E-state index in [1.54, 1.807) is 12.1 Å². The number of amides is 3. The molecule has 1 atom stereocenters. The Kier molecular flexibility index (Phi) is 12.9. The van der Waals surface area contributed by atoms with Gasteiger partial charge in [0.2, 0.25) is 11.8 Å². The number of anilines is 3. The minimum Gasteiger partial charge on any atom is -0.443 e. The zero-order valence-corrected chi connectivity index (χ0v) is 25.6. The molecular weight excluding hydrogens is 559 g/mol. The average molecular weight is 603 g/mol. The maximum atomic E-state index is 15.0. The van der Waals surface area contributed by atoms with Gasteiger partial charge in [-0.3, -0.25) is 14.5 Å². The number of nitrogens with zero attached hydrogens (tertiary/aromatic N) is 4. The van der Waals surface area contributed by atoms with Gasteiger partial charge in [0.25, 0.3) is 0 Å². The summed E-state index contributed by atoms with van der Waals surface area (Å²) in [5, 5.41) is 2.86. The topological polar surface area (TPSA) is 111 Å². The van der Waals surface area contributed by atoms with E-state index in [1.807, 2.05) is 60.0 Å². The third kappa shape index (κ3) is 9.60. The van der Waals surface area contributed by atoms with Crippen molar-refractivity contribution in [2.45, 2.75) is 32.3 Å². The molecule has 12 heteroatoms. The molecule has 3 amide bonds. The van der Waals surface area contributed by atoms with Crippen molar-refractivity contribution in [2.75, 3.05) is 80.8 Å². The third-order valence-electron chi connectivity index (χ3n) is 6.91. The molecule has 42 heavy (non-hydrogen) atoms. The molecule has 2 aliphatic heterocycles. The largest absolute Gasteiger partial charge is 0.443 e. The zero-order chi connectivity index (χ0) is 30.6. The Hall–Kier alpha value is -3.35. The Balaban J connectivity index is 0.00000155. The molecular formula is C30H43FN6O4S. The van der Waals surface area contributed by atoms with Crippen molar-refractivity contribution in [2.24, 2.45) is 5.73 Å². The van der Waals surface area contributed by atoms with Gasteiger partial charge < -0.3 is 30.5 Å². The van der Waals surface area contributed by atoms with Crippen LogP contribution in [0.5, 0.6) is 0 Å². The van der Waals surface area contributed by atoms with E-state index in [-0.39, 0.29) is 18.4 Å². The first-order valence-corrected chi connectivity index (χ1v) is 14.9. The maximum Gasteiger partial charge on any atom is 0.414 e. The average Bonchev–Trinajstić information content (AvgIpc) is 3.34. The molecule has 0 saturated carbocycles. The number of likely N-dealkylation sites (N-methyl/N-ethyl adjacent to an activating group) is 1. The monoisotopic (exact) mass is 602 g/mol. The van der Waals surface area contributed by atoms with E-state index in [2.05, 4.69) is 17.9 Å². The van der Waals surface area contributed by atoms with Crippen molar-refractivity contribution in [3.63, 3.8) is 0 Å². The molecule has 230 valence electrons. The molecule has 10 nitrogen and oxygen atoms in total. The molecule has 0 bridgehead atoms. The summed E-state index contributed by atoms with van der Waals surface area (Å²) in [5.41, 5.74) is 8.33. The summed E-state index contributed by atoms with van der Waals surface area (Å²) < 4.78 is 20.1. The number of carbonyl (C=O) groups excluding carboxylic acids is 3.